The van der Waals surface area contributed by atoms with Gasteiger partial charge < -0.3 is 5.11 Å². The van der Waals surface area contributed by atoms with Gasteiger partial charge in [0.1, 0.15) is 11.9 Å². The minimum Gasteiger partial charge on any atom is -0.384 e. The lowest BCUT2D eigenvalue weighted by atomic mass is 10.0. The summed E-state index contributed by atoms with van der Waals surface area (Å²) in [6.45, 7) is 0. The molecule has 96 valence electrons. The van der Waals surface area contributed by atoms with Gasteiger partial charge in [-0.2, -0.15) is 0 Å². The number of aliphatic hydroxyl groups excluding tert-OH is 1. The summed E-state index contributed by atoms with van der Waals surface area (Å²) in [5.41, 5.74) is 1.36. The van der Waals surface area contributed by atoms with E-state index in [9.17, 15) is 9.50 Å². The van der Waals surface area contributed by atoms with Gasteiger partial charge in [0.25, 0.3) is 0 Å². The first-order valence-electron chi connectivity index (χ1n) is 5.76. The van der Waals surface area contributed by atoms with Crippen molar-refractivity contribution in [2.45, 2.75) is 6.10 Å². The monoisotopic (exact) mass is 336 g/mol. The SMILES string of the molecule is OC(c1cc(F)ccc1Br)c1csc2ccccc12. The fourth-order valence-corrected chi connectivity index (χ4v) is 3.55. The molecule has 0 bridgehead atoms. The quantitative estimate of drug-likeness (QED) is 0.706. The van der Waals surface area contributed by atoms with E-state index >= 15 is 0 Å². The van der Waals surface area contributed by atoms with Crippen molar-refractivity contribution in [2.24, 2.45) is 0 Å². The molecule has 2 aromatic carbocycles. The van der Waals surface area contributed by atoms with Crippen molar-refractivity contribution in [1.82, 2.24) is 0 Å². The van der Waals surface area contributed by atoms with E-state index in [4.69, 9.17) is 0 Å². The molecule has 1 aromatic heterocycles. The highest BCUT2D eigenvalue weighted by atomic mass is 79.9. The first-order chi connectivity index (χ1) is 9.16. The van der Waals surface area contributed by atoms with Crippen LogP contribution >= 0.6 is 27.3 Å². The van der Waals surface area contributed by atoms with Crippen molar-refractivity contribution in [3.63, 3.8) is 0 Å². The fraction of sp³-hybridized carbons (Fsp3) is 0.0667. The molecule has 0 aliphatic heterocycles. The van der Waals surface area contributed by atoms with Gasteiger partial charge in [-0.15, -0.1) is 11.3 Å². The number of hydrogen-bond donors (Lipinski definition) is 1. The average Bonchev–Trinajstić information content (AvgIpc) is 2.84. The molecule has 3 rings (SSSR count). The van der Waals surface area contributed by atoms with Crippen LogP contribution in [0.5, 0.6) is 0 Å². The van der Waals surface area contributed by atoms with Crippen molar-refractivity contribution in [2.75, 3.05) is 0 Å². The Kier molecular flexibility index (Phi) is 3.39. The molecular formula is C15H10BrFOS. The highest BCUT2D eigenvalue weighted by molar-refractivity contribution is 9.10. The van der Waals surface area contributed by atoms with Gasteiger partial charge in [0.15, 0.2) is 0 Å². The van der Waals surface area contributed by atoms with Crippen LogP contribution in [0.3, 0.4) is 0 Å². The van der Waals surface area contributed by atoms with E-state index in [0.717, 1.165) is 15.6 Å². The number of thiophene rings is 1. The molecule has 0 spiro atoms. The van der Waals surface area contributed by atoms with Crippen LogP contribution in [0.2, 0.25) is 0 Å². The standard InChI is InChI=1S/C15H10BrFOS/c16-13-6-5-9(17)7-11(13)15(18)12-8-19-14-4-2-1-3-10(12)14/h1-8,15,18H. The van der Waals surface area contributed by atoms with Gasteiger partial charge in [-0.1, -0.05) is 34.1 Å². The normalized spacial score (nSPS) is 12.8. The fourth-order valence-electron chi connectivity index (χ4n) is 2.10. The van der Waals surface area contributed by atoms with E-state index in [2.05, 4.69) is 15.9 Å². The van der Waals surface area contributed by atoms with E-state index in [1.165, 1.54) is 12.1 Å². The minimum absolute atomic E-state index is 0.350. The summed E-state index contributed by atoms with van der Waals surface area (Å²) in [5.74, 6) is -0.350. The number of benzene rings is 2. The Morgan fingerprint density at radius 1 is 1.11 bits per heavy atom. The van der Waals surface area contributed by atoms with Crippen molar-refractivity contribution in [3.8, 4) is 0 Å². The third-order valence-electron chi connectivity index (χ3n) is 3.06. The molecule has 0 aliphatic rings. The van der Waals surface area contributed by atoms with Gasteiger partial charge in [0.05, 0.1) is 0 Å². The molecule has 3 aromatic rings. The second-order valence-electron chi connectivity index (χ2n) is 4.26. The van der Waals surface area contributed by atoms with Crippen molar-refractivity contribution in [3.05, 3.63) is 69.3 Å². The van der Waals surface area contributed by atoms with Gasteiger partial charge in [0, 0.05) is 20.3 Å². The Balaban J connectivity index is 2.13. The highest BCUT2D eigenvalue weighted by Crippen LogP contribution is 2.36. The lowest BCUT2D eigenvalue weighted by Gasteiger charge is -2.12. The molecular weight excluding hydrogens is 327 g/mol. The average molecular weight is 337 g/mol. The zero-order valence-corrected chi connectivity index (χ0v) is 12.2. The molecule has 0 aliphatic carbocycles. The van der Waals surface area contributed by atoms with Crippen LogP contribution in [0.4, 0.5) is 4.39 Å². The topological polar surface area (TPSA) is 20.2 Å². The largest absolute Gasteiger partial charge is 0.384 e. The van der Waals surface area contributed by atoms with E-state index in [0.29, 0.717) is 10.0 Å². The maximum Gasteiger partial charge on any atom is 0.123 e. The first-order valence-corrected chi connectivity index (χ1v) is 7.43. The minimum atomic E-state index is -0.832. The molecule has 0 saturated carbocycles. The summed E-state index contributed by atoms with van der Waals surface area (Å²) >= 11 is 4.94. The summed E-state index contributed by atoms with van der Waals surface area (Å²) in [6, 6.07) is 12.2. The maximum atomic E-state index is 13.3. The summed E-state index contributed by atoms with van der Waals surface area (Å²) in [6.07, 6.45) is -0.832. The van der Waals surface area contributed by atoms with Gasteiger partial charge in [-0.3, -0.25) is 0 Å². The second kappa shape index (κ2) is 5.04. The zero-order chi connectivity index (χ0) is 13.4. The summed E-state index contributed by atoms with van der Waals surface area (Å²) < 4.78 is 15.2. The van der Waals surface area contributed by atoms with Gasteiger partial charge in [-0.25, -0.2) is 4.39 Å². The Morgan fingerprint density at radius 2 is 1.89 bits per heavy atom. The Morgan fingerprint density at radius 3 is 2.74 bits per heavy atom. The number of fused-ring (bicyclic) bond motifs is 1. The third-order valence-corrected chi connectivity index (χ3v) is 4.76. The van der Waals surface area contributed by atoms with E-state index in [1.54, 1.807) is 17.4 Å². The van der Waals surface area contributed by atoms with Crippen LogP contribution in [0.15, 0.2) is 52.3 Å². The van der Waals surface area contributed by atoms with Crippen LogP contribution < -0.4 is 0 Å². The molecule has 1 nitrogen and oxygen atoms in total. The van der Waals surface area contributed by atoms with Crippen LogP contribution in [0.1, 0.15) is 17.2 Å². The zero-order valence-electron chi connectivity index (χ0n) is 9.81. The van der Waals surface area contributed by atoms with Crippen molar-refractivity contribution >= 4 is 37.4 Å². The number of aliphatic hydroxyl groups is 1. The summed E-state index contributed by atoms with van der Waals surface area (Å²) in [7, 11) is 0. The Hall–Kier alpha value is -1.23. The second-order valence-corrected chi connectivity index (χ2v) is 6.02. The van der Waals surface area contributed by atoms with Gasteiger partial charge in [0.2, 0.25) is 0 Å². The predicted molar refractivity (Wildman–Crippen MR) is 80.0 cm³/mol. The molecule has 0 radical (unpaired) electrons. The Labute approximate surface area is 122 Å². The molecule has 1 heterocycles. The maximum absolute atomic E-state index is 13.3. The van der Waals surface area contributed by atoms with E-state index < -0.39 is 6.10 Å². The van der Waals surface area contributed by atoms with Crippen LogP contribution in [0, 0.1) is 5.82 Å². The number of hydrogen-bond acceptors (Lipinski definition) is 2. The predicted octanol–water partition coefficient (Wildman–Crippen LogP) is 4.88. The lowest BCUT2D eigenvalue weighted by Crippen LogP contribution is -2.00. The third kappa shape index (κ3) is 2.31. The summed E-state index contributed by atoms with van der Waals surface area (Å²) in [4.78, 5) is 0. The molecule has 0 saturated heterocycles. The van der Waals surface area contributed by atoms with Crippen molar-refractivity contribution in [1.29, 1.82) is 0 Å². The molecule has 4 heteroatoms. The molecule has 0 fully saturated rings. The molecule has 1 atom stereocenters. The summed E-state index contributed by atoms with van der Waals surface area (Å²) in [5, 5.41) is 13.4. The van der Waals surface area contributed by atoms with Crippen molar-refractivity contribution < 1.29 is 9.50 Å². The van der Waals surface area contributed by atoms with Gasteiger partial charge in [-0.05, 0) is 35.0 Å². The van der Waals surface area contributed by atoms with E-state index in [1.807, 2.05) is 29.6 Å². The molecule has 1 unspecified atom stereocenters. The number of halogens is 2. The Bertz CT molecular complexity index is 738. The highest BCUT2D eigenvalue weighted by Gasteiger charge is 2.18. The van der Waals surface area contributed by atoms with Crippen LogP contribution in [-0.4, -0.2) is 5.11 Å². The van der Waals surface area contributed by atoms with E-state index in [-0.39, 0.29) is 5.82 Å². The lowest BCUT2D eigenvalue weighted by molar-refractivity contribution is 0.221. The smallest absolute Gasteiger partial charge is 0.123 e. The number of rotatable bonds is 2. The molecule has 19 heavy (non-hydrogen) atoms. The van der Waals surface area contributed by atoms with Crippen LogP contribution in [-0.2, 0) is 0 Å². The molecule has 1 N–H and O–H groups in total. The first kappa shape index (κ1) is 12.8. The molecule has 0 amide bonds. The van der Waals surface area contributed by atoms with Gasteiger partial charge >= 0.3 is 0 Å². The van der Waals surface area contributed by atoms with Crippen LogP contribution in [0.25, 0.3) is 10.1 Å².